The van der Waals surface area contributed by atoms with E-state index in [9.17, 15) is 28.2 Å². The Morgan fingerprint density at radius 2 is 0.759 bits per heavy atom. The predicted molar refractivity (Wildman–Crippen MR) is 235 cm³/mol. The van der Waals surface area contributed by atoms with Crippen LogP contribution in [0.4, 0.5) is 0 Å². The molecular formula is C44H84O7P2S. The standard InChI is InChI=1S/2C18H40P.C8H6O7S/c2*1-7-11-15-19(16-12-8-2,17-13-9-3)18(5,6)14-10-4;9-7(10)4-1-5(8(11)12)3-6(2-4)16(13,14)15/h2*7-17H2,1-6H3;1-3H,(H,9,10)(H,11,12)(H,13,14,15)/q2*+1;/p-2. The third kappa shape index (κ3) is 19.4. The first-order valence-electron chi connectivity index (χ1n) is 21.5. The molecule has 0 aliphatic rings. The summed E-state index contributed by atoms with van der Waals surface area (Å²) in [6, 6.07) is 1.83. The van der Waals surface area contributed by atoms with Gasteiger partial charge in [0, 0.05) is 14.5 Å². The van der Waals surface area contributed by atoms with Gasteiger partial charge in [-0.2, -0.15) is 8.42 Å². The first-order chi connectivity index (χ1) is 25.2. The number of hydrogen-bond donors (Lipinski definition) is 1. The van der Waals surface area contributed by atoms with Crippen molar-refractivity contribution in [2.45, 2.75) is 201 Å². The topological polar surface area (TPSA) is 135 Å². The Bertz CT molecular complexity index is 1160. The zero-order valence-corrected chi connectivity index (χ0v) is 39.6. The Labute approximate surface area is 335 Å². The lowest BCUT2D eigenvalue weighted by Crippen LogP contribution is -2.31. The van der Waals surface area contributed by atoms with Crippen LogP contribution in [0.25, 0.3) is 0 Å². The molecule has 1 rings (SSSR count). The molecule has 0 radical (unpaired) electrons. The fraction of sp³-hybridized carbons (Fsp3) is 0.818. The van der Waals surface area contributed by atoms with Crippen LogP contribution in [0.3, 0.4) is 0 Å². The minimum atomic E-state index is -4.70. The van der Waals surface area contributed by atoms with Crippen LogP contribution in [0.15, 0.2) is 23.1 Å². The van der Waals surface area contributed by atoms with Crippen molar-refractivity contribution >= 4 is 36.6 Å². The van der Waals surface area contributed by atoms with E-state index in [0.29, 0.717) is 28.5 Å². The highest BCUT2D eigenvalue weighted by molar-refractivity contribution is 7.85. The molecule has 0 saturated heterocycles. The molecule has 0 aliphatic carbocycles. The quantitative estimate of drug-likeness (QED) is 0.0690. The van der Waals surface area contributed by atoms with Crippen molar-refractivity contribution in [1.29, 1.82) is 0 Å². The van der Waals surface area contributed by atoms with Gasteiger partial charge in [-0.05, 0) is 108 Å². The van der Waals surface area contributed by atoms with Crippen LogP contribution >= 0.6 is 14.5 Å². The summed E-state index contributed by atoms with van der Waals surface area (Å²) in [6.45, 7) is 29.3. The zero-order valence-electron chi connectivity index (χ0n) is 37.0. The van der Waals surface area contributed by atoms with Crippen LogP contribution in [-0.4, -0.2) is 72.2 Å². The van der Waals surface area contributed by atoms with Gasteiger partial charge in [0.25, 0.3) is 10.1 Å². The van der Waals surface area contributed by atoms with Gasteiger partial charge in [-0.3, -0.25) is 4.55 Å². The smallest absolute Gasteiger partial charge is 0.294 e. The van der Waals surface area contributed by atoms with Crippen LogP contribution < -0.4 is 10.2 Å². The van der Waals surface area contributed by atoms with E-state index in [1.165, 1.54) is 103 Å². The number of carbonyl (C=O) groups excluding carboxylic acids is 2. The van der Waals surface area contributed by atoms with Crippen molar-refractivity contribution in [2.24, 2.45) is 0 Å². The average molecular weight is 819 g/mol. The first-order valence-corrected chi connectivity index (χ1v) is 27.6. The van der Waals surface area contributed by atoms with Gasteiger partial charge >= 0.3 is 0 Å². The molecule has 54 heavy (non-hydrogen) atoms. The molecule has 0 atom stereocenters. The molecule has 0 fully saturated rings. The number of carboxylic acid groups (broad SMARTS) is 2. The fourth-order valence-electron chi connectivity index (χ4n) is 7.93. The summed E-state index contributed by atoms with van der Waals surface area (Å²) in [7, 11) is -6.23. The van der Waals surface area contributed by atoms with Crippen LogP contribution in [0, 0.1) is 0 Å². The number of rotatable bonds is 27. The Morgan fingerprint density at radius 3 is 0.926 bits per heavy atom. The Balaban J connectivity index is 0. The molecule has 0 amide bonds. The lowest BCUT2D eigenvalue weighted by atomic mass is 10.1. The maximum Gasteiger partial charge on any atom is 0.294 e. The molecule has 1 aromatic rings. The largest absolute Gasteiger partial charge is 0.545 e. The summed E-state index contributed by atoms with van der Waals surface area (Å²) in [6.07, 6.45) is 32.1. The second-order valence-corrected chi connectivity index (χ2v) is 27.8. The number of hydrogen-bond acceptors (Lipinski definition) is 6. The minimum Gasteiger partial charge on any atom is -0.545 e. The van der Waals surface area contributed by atoms with Crippen molar-refractivity contribution in [3.63, 3.8) is 0 Å². The molecule has 7 nitrogen and oxygen atoms in total. The molecule has 0 unspecified atom stereocenters. The van der Waals surface area contributed by atoms with E-state index in [1.807, 2.05) is 0 Å². The summed E-state index contributed by atoms with van der Waals surface area (Å²) in [4.78, 5) is 20.1. The number of unbranched alkanes of at least 4 members (excludes halogenated alkanes) is 6. The van der Waals surface area contributed by atoms with E-state index in [4.69, 9.17) is 4.55 Å². The van der Waals surface area contributed by atoms with Crippen LogP contribution in [0.5, 0.6) is 0 Å². The normalized spacial score (nSPS) is 12.4. The molecule has 0 spiro atoms. The van der Waals surface area contributed by atoms with E-state index in [-0.39, 0.29) is 0 Å². The van der Waals surface area contributed by atoms with Crippen molar-refractivity contribution in [2.75, 3.05) is 37.0 Å². The van der Waals surface area contributed by atoms with Gasteiger partial charge in [-0.25, -0.2) is 0 Å². The van der Waals surface area contributed by atoms with E-state index in [1.54, 1.807) is 37.0 Å². The van der Waals surface area contributed by atoms with E-state index < -0.39 is 52.6 Å². The molecule has 0 bridgehead atoms. The number of aromatic carboxylic acids is 2. The van der Waals surface area contributed by atoms with Gasteiger partial charge < -0.3 is 19.8 Å². The van der Waals surface area contributed by atoms with E-state index in [0.717, 1.165) is 0 Å². The summed E-state index contributed by atoms with van der Waals surface area (Å²) < 4.78 is 30.1. The van der Waals surface area contributed by atoms with Gasteiger partial charge in [0.2, 0.25) is 0 Å². The highest BCUT2D eigenvalue weighted by Crippen LogP contribution is 2.72. The monoisotopic (exact) mass is 819 g/mol. The molecule has 1 N–H and O–H groups in total. The van der Waals surface area contributed by atoms with Crippen molar-refractivity contribution in [3.05, 3.63) is 29.3 Å². The van der Waals surface area contributed by atoms with Gasteiger partial charge in [0.15, 0.2) is 0 Å². The molecule has 0 heterocycles. The van der Waals surface area contributed by atoms with Crippen molar-refractivity contribution < 1.29 is 32.8 Å². The number of carboxylic acids is 2. The summed E-state index contributed by atoms with van der Waals surface area (Å²) >= 11 is 0. The average Bonchev–Trinajstić information content (AvgIpc) is 3.11. The molecule has 318 valence electrons. The van der Waals surface area contributed by atoms with Crippen molar-refractivity contribution in [1.82, 2.24) is 0 Å². The third-order valence-corrected chi connectivity index (χ3v) is 25.1. The van der Waals surface area contributed by atoms with Gasteiger partial charge in [0.1, 0.15) is 0 Å². The van der Waals surface area contributed by atoms with Crippen LogP contribution in [0.1, 0.15) is 207 Å². The Morgan fingerprint density at radius 1 is 0.519 bits per heavy atom. The highest BCUT2D eigenvalue weighted by Gasteiger charge is 2.50. The van der Waals surface area contributed by atoms with Crippen molar-refractivity contribution in [3.8, 4) is 0 Å². The fourth-order valence-corrected chi connectivity index (χ4v) is 20.4. The van der Waals surface area contributed by atoms with Gasteiger partial charge in [-0.15, -0.1) is 0 Å². The number of carbonyl (C=O) groups is 2. The second-order valence-electron chi connectivity index (χ2n) is 16.7. The SMILES string of the molecule is CCCC[P+](CCCC)(CCCC)C(C)(C)CCC.CCCC[P+](CCCC)(CCCC)C(C)(C)CCC.O=C([O-])c1cc(C(=O)[O-])cc(S(=O)(=O)O)c1. The molecule has 1 aromatic carbocycles. The van der Waals surface area contributed by atoms with E-state index >= 15 is 0 Å². The second kappa shape index (κ2) is 28.3. The molecule has 0 aliphatic heterocycles. The third-order valence-electron chi connectivity index (χ3n) is 11.6. The highest BCUT2D eigenvalue weighted by atomic mass is 32.2. The zero-order chi connectivity index (χ0) is 42.1. The molecular weight excluding hydrogens is 734 g/mol. The van der Waals surface area contributed by atoms with E-state index in [2.05, 4.69) is 83.1 Å². The molecule has 0 aromatic heterocycles. The van der Waals surface area contributed by atoms with Gasteiger partial charge in [0.05, 0.1) is 64.1 Å². The minimum absolute atomic E-state index is 0.580. The number of benzene rings is 1. The maximum absolute atomic E-state index is 10.7. The molecule has 10 heteroatoms. The Kier molecular flexibility index (Phi) is 28.9. The summed E-state index contributed by atoms with van der Waals surface area (Å²) in [5.41, 5.74) is -1.37. The Hall–Kier alpha value is -1.07. The maximum atomic E-state index is 10.7. The first kappa shape index (κ1) is 55.0. The predicted octanol–water partition coefficient (Wildman–Crippen LogP) is 11.6. The molecule has 0 saturated carbocycles. The van der Waals surface area contributed by atoms with Crippen LogP contribution in [-0.2, 0) is 10.1 Å². The lowest BCUT2D eigenvalue weighted by molar-refractivity contribution is -0.255. The summed E-state index contributed by atoms with van der Waals surface area (Å²) in [5.74, 6) is -3.54. The van der Waals surface area contributed by atoms with Crippen LogP contribution in [0.2, 0.25) is 0 Å². The summed E-state index contributed by atoms with van der Waals surface area (Å²) in [5, 5.41) is 22.2. The lowest BCUT2D eigenvalue weighted by Gasteiger charge is -2.41. The van der Waals surface area contributed by atoms with Gasteiger partial charge in [-0.1, -0.05) is 107 Å².